The molecule has 1 aromatic rings. The Hall–Kier alpha value is -0.810. The van der Waals surface area contributed by atoms with Gasteiger partial charge < -0.3 is 10.6 Å². The average molecular weight is 388 g/mol. The van der Waals surface area contributed by atoms with Gasteiger partial charge in [0.2, 0.25) is 5.91 Å². The topological polar surface area (TPSA) is 44.4 Å². The maximum absolute atomic E-state index is 12.0. The molecule has 0 radical (unpaired) electrons. The van der Waals surface area contributed by atoms with Gasteiger partial charge >= 0.3 is 0 Å². The van der Waals surface area contributed by atoms with Gasteiger partial charge in [-0.2, -0.15) is 0 Å². The molecular formula is C19H31Cl2N3O. The Morgan fingerprint density at radius 2 is 1.84 bits per heavy atom. The lowest BCUT2D eigenvalue weighted by molar-refractivity contribution is -0.121. The predicted octanol–water partition coefficient (Wildman–Crippen LogP) is 3.00. The predicted molar refractivity (Wildman–Crippen MR) is 108 cm³/mol. The summed E-state index contributed by atoms with van der Waals surface area (Å²) >= 11 is 0. The van der Waals surface area contributed by atoms with Crippen LogP contribution in [0.2, 0.25) is 0 Å². The van der Waals surface area contributed by atoms with Crippen molar-refractivity contribution in [2.45, 2.75) is 44.7 Å². The van der Waals surface area contributed by atoms with Crippen molar-refractivity contribution in [1.29, 1.82) is 0 Å². The van der Waals surface area contributed by atoms with Crippen molar-refractivity contribution in [2.24, 2.45) is 5.92 Å². The van der Waals surface area contributed by atoms with Gasteiger partial charge in [-0.1, -0.05) is 30.3 Å². The third kappa shape index (κ3) is 7.53. The summed E-state index contributed by atoms with van der Waals surface area (Å²) < 4.78 is 0. The number of piperidine rings is 1. The molecule has 0 bridgehead atoms. The minimum Gasteiger partial charge on any atom is -0.356 e. The lowest BCUT2D eigenvalue weighted by Crippen LogP contribution is -2.39. The summed E-state index contributed by atoms with van der Waals surface area (Å²) in [7, 11) is 0. The molecule has 6 heteroatoms. The van der Waals surface area contributed by atoms with Crippen LogP contribution in [-0.4, -0.2) is 43.0 Å². The van der Waals surface area contributed by atoms with E-state index in [-0.39, 0.29) is 30.7 Å². The number of likely N-dealkylation sites (tertiary alicyclic amines) is 1. The van der Waals surface area contributed by atoms with Gasteiger partial charge in [0.15, 0.2) is 0 Å². The Morgan fingerprint density at radius 1 is 1.12 bits per heavy atom. The zero-order chi connectivity index (χ0) is 15.9. The first-order chi connectivity index (χ1) is 11.3. The molecule has 2 saturated heterocycles. The van der Waals surface area contributed by atoms with Crippen LogP contribution < -0.4 is 10.6 Å². The molecule has 0 aromatic heterocycles. The molecule has 2 aliphatic rings. The number of benzene rings is 1. The molecule has 2 N–H and O–H groups in total. The quantitative estimate of drug-likeness (QED) is 0.788. The largest absolute Gasteiger partial charge is 0.356 e. The van der Waals surface area contributed by atoms with E-state index in [2.05, 4.69) is 45.9 Å². The standard InChI is InChI=1S/C19H29N3O.2ClH/c23-19(13-18-7-4-10-20-18)21-14-16-8-11-22(12-9-16)15-17-5-2-1-3-6-17;;/h1-3,5-6,16,18,20H,4,7-15H2,(H,21,23);2*1H. The van der Waals surface area contributed by atoms with E-state index in [1.807, 2.05) is 0 Å². The Labute approximate surface area is 163 Å². The highest BCUT2D eigenvalue weighted by molar-refractivity contribution is 5.85. The van der Waals surface area contributed by atoms with Crippen molar-refractivity contribution in [1.82, 2.24) is 15.5 Å². The van der Waals surface area contributed by atoms with Crippen molar-refractivity contribution in [2.75, 3.05) is 26.2 Å². The fourth-order valence-electron chi connectivity index (χ4n) is 3.68. The average Bonchev–Trinajstić information content (AvgIpc) is 3.08. The van der Waals surface area contributed by atoms with Crippen LogP contribution in [0.1, 0.15) is 37.7 Å². The van der Waals surface area contributed by atoms with E-state index in [0.29, 0.717) is 18.4 Å². The van der Waals surface area contributed by atoms with E-state index >= 15 is 0 Å². The molecule has 2 fully saturated rings. The first-order valence-corrected chi connectivity index (χ1v) is 9.06. The van der Waals surface area contributed by atoms with Gasteiger partial charge in [0, 0.05) is 25.6 Å². The van der Waals surface area contributed by atoms with Crippen molar-refractivity contribution in [3.05, 3.63) is 35.9 Å². The van der Waals surface area contributed by atoms with Gasteiger partial charge in [0.25, 0.3) is 0 Å². The molecule has 3 rings (SSSR count). The minimum absolute atomic E-state index is 0. The minimum atomic E-state index is 0. The summed E-state index contributed by atoms with van der Waals surface area (Å²) in [6.07, 6.45) is 5.37. The third-order valence-electron chi connectivity index (χ3n) is 5.14. The van der Waals surface area contributed by atoms with E-state index < -0.39 is 0 Å². The van der Waals surface area contributed by atoms with E-state index in [9.17, 15) is 4.79 Å². The van der Waals surface area contributed by atoms with Gasteiger partial charge in [-0.25, -0.2) is 0 Å². The van der Waals surface area contributed by atoms with Gasteiger partial charge in [0.1, 0.15) is 0 Å². The lowest BCUT2D eigenvalue weighted by atomic mass is 9.96. The first kappa shape index (κ1) is 22.2. The molecule has 2 aliphatic heterocycles. The number of nitrogens with zero attached hydrogens (tertiary/aromatic N) is 1. The number of hydrogen-bond acceptors (Lipinski definition) is 3. The van der Waals surface area contributed by atoms with Crippen LogP contribution in [0.3, 0.4) is 0 Å². The molecule has 0 aliphatic carbocycles. The van der Waals surface area contributed by atoms with E-state index in [0.717, 1.165) is 39.1 Å². The van der Waals surface area contributed by atoms with Gasteiger partial charge in [-0.15, -0.1) is 24.8 Å². The van der Waals surface area contributed by atoms with E-state index in [1.165, 1.54) is 24.8 Å². The smallest absolute Gasteiger partial charge is 0.221 e. The molecule has 0 spiro atoms. The number of rotatable bonds is 6. The molecule has 1 atom stereocenters. The number of halogens is 2. The molecule has 1 amide bonds. The van der Waals surface area contributed by atoms with Crippen molar-refractivity contribution >= 4 is 30.7 Å². The van der Waals surface area contributed by atoms with Crippen molar-refractivity contribution in [3.63, 3.8) is 0 Å². The molecule has 142 valence electrons. The zero-order valence-corrected chi connectivity index (χ0v) is 16.4. The second-order valence-corrected chi connectivity index (χ2v) is 7.01. The number of hydrogen-bond donors (Lipinski definition) is 2. The summed E-state index contributed by atoms with van der Waals surface area (Å²) in [6.45, 7) is 5.25. The first-order valence-electron chi connectivity index (χ1n) is 9.06. The highest BCUT2D eigenvalue weighted by atomic mass is 35.5. The number of carbonyl (C=O) groups is 1. The van der Waals surface area contributed by atoms with E-state index in [1.54, 1.807) is 0 Å². The van der Waals surface area contributed by atoms with Crippen LogP contribution in [0.15, 0.2) is 30.3 Å². The number of carbonyl (C=O) groups excluding carboxylic acids is 1. The van der Waals surface area contributed by atoms with Gasteiger partial charge in [-0.3, -0.25) is 9.69 Å². The molecule has 25 heavy (non-hydrogen) atoms. The molecule has 2 heterocycles. The maximum atomic E-state index is 12.0. The van der Waals surface area contributed by atoms with Crippen LogP contribution in [-0.2, 0) is 11.3 Å². The van der Waals surface area contributed by atoms with Crippen LogP contribution >= 0.6 is 24.8 Å². The fraction of sp³-hybridized carbons (Fsp3) is 0.632. The van der Waals surface area contributed by atoms with Crippen LogP contribution in [0.4, 0.5) is 0 Å². The second-order valence-electron chi connectivity index (χ2n) is 7.01. The van der Waals surface area contributed by atoms with E-state index in [4.69, 9.17) is 0 Å². The third-order valence-corrected chi connectivity index (χ3v) is 5.14. The highest BCUT2D eigenvalue weighted by Crippen LogP contribution is 2.18. The monoisotopic (exact) mass is 387 g/mol. The molecule has 4 nitrogen and oxygen atoms in total. The molecule has 1 aromatic carbocycles. The molecule has 1 unspecified atom stereocenters. The SMILES string of the molecule is Cl.Cl.O=C(CC1CCCN1)NCC1CCN(Cc2ccccc2)CC1. The fourth-order valence-corrected chi connectivity index (χ4v) is 3.68. The van der Waals surface area contributed by atoms with Crippen LogP contribution in [0.25, 0.3) is 0 Å². The van der Waals surface area contributed by atoms with Crippen LogP contribution in [0.5, 0.6) is 0 Å². The highest BCUT2D eigenvalue weighted by Gasteiger charge is 2.21. The number of amides is 1. The summed E-state index contributed by atoms with van der Waals surface area (Å²) in [5.41, 5.74) is 1.39. The Kier molecular flexibility index (Phi) is 10.4. The summed E-state index contributed by atoms with van der Waals surface area (Å²) in [5, 5.41) is 6.53. The zero-order valence-electron chi connectivity index (χ0n) is 14.8. The molecular weight excluding hydrogens is 357 g/mol. The second kappa shape index (κ2) is 11.7. The van der Waals surface area contributed by atoms with Crippen molar-refractivity contribution < 1.29 is 4.79 Å². The summed E-state index contributed by atoms with van der Waals surface area (Å²) in [4.78, 5) is 14.5. The maximum Gasteiger partial charge on any atom is 0.221 e. The Bertz CT molecular complexity index is 487. The summed E-state index contributed by atoms with van der Waals surface area (Å²) in [6, 6.07) is 11.1. The molecule has 0 saturated carbocycles. The van der Waals surface area contributed by atoms with Gasteiger partial charge in [-0.05, 0) is 56.8 Å². The normalized spacial score (nSPS) is 21.2. The Morgan fingerprint density at radius 3 is 2.48 bits per heavy atom. The summed E-state index contributed by atoms with van der Waals surface area (Å²) in [5.74, 6) is 0.860. The Balaban J connectivity index is 0.00000156. The van der Waals surface area contributed by atoms with Gasteiger partial charge in [0.05, 0.1) is 0 Å². The van der Waals surface area contributed by atoms with Crippen LogP contribution in [0, 0.1) is 5.92 Å². The number of nitrogens with one attached hydrogen (secondary N) is 2. The lowest BCUT2D eigenvalue weighted by Gasteiger charge is -2.32. The van der Waals surface area contributed by atoms with Crippen molar-refractivity contribution in [3.8, 4) is 0 Å².